The first-order valence-electron chi connectivity index (χ1n) is 8.63. The molecule has 1 saturated heterocycles. The minimum atomic E-state index is -0.892. The molecule has 26 heavy (non-hydrogen) atoms. The largest absolute Gasteiger partial charge is 0.450 e. The van der Waals surface area contributed by atoms with Gasteiger partial charge in [0.25, 0.3) is 11.8 Å². The van der Waals surface area contributed by atoms with Gasteiger partial charge in [0.05, 0.1) is 17.7 Å². The van der Waals surface area contributed by atoms with Crippen molar-refractivity contribution in [3.8, 4) is 0 Å². The zero-order chi connectivity index (χ0) is 18.8. The molecular weight excluding hydrogens is 338 g/mol. The van der Waals surface area contributed by atoms with Gasteiger partial charge < -0.3 is 14.5 Å². The maximum Gasteiger partial charge on any atom is 0.409 e. The van der Waals surface area contributed by atoms with Crippen LogP contribution < -0.4 is 0 Å². The number of amides is 4. The Labute approximate surface area is 151 Å². The Kier molecular flexibility index (Phi) is 4.92. The number of carbonyl (C=O) groups excluding carboxylic acids is 4. The molecule has 8 heteroatoms. The van der Waals surface area contributed by atoms with Gasteiger partial charge in [-0.25, -0.2) is 4.79 Å². The standard InChI is InChI=1S/C18H21N3O5/c1-3-26-18(25)20-10-8-19(9-11-20)15(22)12(2)21-16(23)13-6-4-5-7-14(13)17(21)24/h4-7,12H,3,8-11H2,1-2H3. The fraction of sp³-hybridized carbons (Fsp3) is 0.444. The highest BCUT2D eigenvalue weighted by Gasteiger charge is 2.42. The molecule has 2 aliphatic rings. The van der Waals surface area contributed by atoms with E-state index in [-0.39, 0.29) is 5.91 Å². The predicted molar refractivity (Wildman–Crippen MR) is 91.6 cm³/mol. The summed E-state index contributed by atoms with van der Waals surface area (Å²) in [6.07, 6.45) is -0.395. The molecule has 4 amide bonds. The van der Waals surface area contributed by atoms with Gasteiger partial charge in [0.15, 0.2) is 0 Å². The molecule has 3 rings (SSSR count). The summed E-state index contributed by atoms with van der Waals surface area (Å²) in [5, 5.41) is 0. The number of rotatable bonds is 3. The van der Waals surface area contributed by atoms with Crippen LogP contribution in [0.25, 0.3) is 0 Å². The summed E-state index contributed by atoms with van der Waals surface area (Å²) in [5.74, 6) is -1.20. The van der Waals surface area contributed by atoms with Gasteiger partial charge in [0.2, 0.25) is 5.91 Å². The minimum Gasteiger partial charge on any atom is -0.450 e. The molecule has 0 radical (unpaired) electrons. The molecule has 1 atom stereocenters. The van der Waals surface area contributed by atoms with Crippen LogP contribution in [0.4, 0.5) is 4.79 Å². The number of carbonyl (C=O) groups is 4. The number of imide groups is 1. The van der Waals surface area contributed by atoms with Gasteiger partial charge in [-0.1, -0.05) is 12.1 Å². The molecular formula is C18H21N3O5. The summed E-state index contributed by atoms with van der Waals surface area (Å²) in [6, 6.07) is 5.66. The van der Waals surface area contributed by atoms with Crippen LogP contribution in [0.15, 0.2) is 24.3 Å². The Morgan fingerprint density at radius 1 is 1.00 bits per heavy atom. The van der Waals surface area contributed by atoms with Crippen molar-refractivity contribution in [2.45, 2.75) is 19.9 Å². The van der Waals surface area contributed by atoms with Crippen molar-refractivity contribution in [1.82, 2.24) is 14.7 Å². The lowest BCUT2D eigenvalue weighted by molar-refractivity contribution is -0.136. The van der Waals surface area contributed by atoms with Crippen molar-refractivity contribution < 1.29 is 23.9 Å². The van der Waals surface area contributed by atoms with E-state index < -0.39 is 23.9 Å². The second-order valence-electron chi connectivity index (χ2n) is 6.21. The normalized spacial score (nSPS) is 18.0. The van der Waals surface area contributed by atoms with E-state index in [9.17, 15) is 19.2 Å². The van der Waals surface area contributed by atoms with Gasteiger partial charge in [-0.05, 0) is 26.0 Å². The molecule has 0 spiro atoms. The summed E-state index contributed by atoms with van der Waals surface area (Å²) in [4.78, 5) is 53.7. The molecule has 2 aliphatic heterocycles. The van der Waals surface area contributed by atoms with E-state index in [4.69, 9.17) is 4.74 Å². The smallest absolute Gasteiger partial charge is 0.409 e. The average molecular weight is 359 g/mol. The zero-order valence-electron chi connectivity index (χ0n) is 14.8. The molecule has 138 valence electrons. The SMILES string of the molecule is CCOC(=O)N1CCN(C(=O)C(C)N2C(=O)c3ccccc3C2=O)CC1. The summed E-state index contributed by atoms with van der Waals surface area (Å²) < 4.78 is 4.96. The molecule has 0 saturated carbocycles. The third-order valence-corrected chi connectivity index (χ3v) is 4.69. The van der Waals surface area contributed by atoms with Crippen LogP contribution in [0, 0.1) is 0 Å². The fourth-order valence-corrected chi connectivity index (χ4v) is 3.26. The lowest BCUT2D eigenvalue weighted by Crippen LogP contribution is -2.56. The highest BCUT2D eigenvalue weighted by atomic mass is 16.6. The van der Waals surface area contributed by atoms with E-state index in [1.54, 1.807) is 47.9 Å². The fourth-order valence-electron chi connectivity index (χ4n) is 3.26. The molecule has 0 N–H and O–H groups in total. The van der Waals surface area contributed by atoms with E-state index in [0.29, 0.717) is 43.9 Å². The van der Waals surface area contributed by atoms with Gasteiger partial charge in [0.1, 0.15) is 6.04 Å². The Morgan fingerprint density at radius 3 is 2.00 bits per heavy atom. The molecule has 1 aromatic carbocycles. The number of hydrogen-bond acceptors (Lipinski definition) is 5. The number of hydrogen-bond donors (Lipinski definition) is 0. The van der Waals surface area contributed by atoms with E-state index in [2.05, 4.69) is 0 Å². The second kappa shape index (κ2) is 7.15. The van der Waals surface area contributed by atoms with E-state index in [1.165, 1.54) is 0 Å². The highest BCUT2D eigenvalue weighted by molar-refractivity contribution is 6.22. The summed E-state index contributed by atoms with van der Waals surface area (Å²) in [5.41, 5.74) is 0.647. The van der Waals surface area contributed by atoms with Crippen molar-refractivity contribution in [2.24, 2.45) is 0 Å². The lowest BCUT2D eigenvalue weighted by Gasteiger charge is -2.36. The monoisotopic (exact) mass is 359 g/mol. The molecule has 1 aromatic rings. The lowest BCUT2D eigenvalue weighted by atomic mass is 10.1. The van der Waals surface area contributed by atoms with Gasteiger partial charge in [-0.3, -0.25) is 19.3 Å². The first-order chi connectivity index (χ1) is 12.5. The van der Waals surface area contributed by atoms with Gasteiger partial charge in [-0.15, -0.1) is 0 Å². The molecule has 1 fully saturated rings. The number of fused-ring (bicyclic) bond motifs is 1. The van der Waals surface area contributed by atoms with E-state index in [0.717, 1.165) is 4.90 Å². The molecule has 0 aliphatic carbocycles. The molecule has 2 heterocycles. The van der Waals surface area contributed by atoms with Crippen LogP contribution in [0.1, 0.15) is 34.6 Å². The molecule has 0 bridgehead atoms. The van der Waals surface area contributed by atoms with Crippen LogP contribution in [-0.4, -0.2) is 77.3 Å². The first-order valence-corrected chi connectivity index (χ1v) is 8.63. The highest BCUT2D eigenvalue weighted by Crippen LogP contribution is 2.25. The molecule has 1 unspecified atom stereocenters. The Morgan fingerprint density at radius 2 is 1.50 bits per heavy atom. The quantitative estimate of drug-likeness (QED) is 0.751. The third-order valence-electron chi connectivity index (χ3n) is 4.69. The second-order valence-corrected chi connectivity index (χ2v) is 6.21. The van der Waals surface area contributed by atoms with Crippen molar-refractivity contribution in [1.29, 1.82) is 0 Å². The van der Waals surface area contributed by atoms with Crippen LogP contribution >= 0.6 is 0 Å². The van der Waals surface area contributed by atoms with Crippen molar-refractivity contribution in [3.63, 3.8) is 0 Å². The number of ether oxygens (including phenoxy) is 1. The number of piperazine rings is 1. The van der Waals surface area contributed by atoms with Crippen LogP contribution in [0.3, 0.4) is 0 Å². The van der Waals surface area contributed by atoms with Crippen LogP contribution in [-0.2, 0) is 9.53 Å². The summed E-state index contributed by atoms with van der Waals surface area (Å²) >= 11 is 0. The summed E-state index contributed by atoms with van der Waals surface area (Å²) in [6.45, 7) is 4.99. The third kappa shape index (κ3) is 3.02. The Hall–Kier alpha value is -2.90. The van der Waals surface area contributed by atoms with E-state index >= 15 is 0 Å². The van der Waals surface area contributed by atoms with E-state index in [1.807, 2.05) is 0 Å². The van der Waals surface area contributed by atoms with Crippen molar-refractivity contribution in [3.05, 3.63) is 35.4 Å². The first kappa shape index (κ1) is 17.9. The van der Waals surface area contributed by atoms with Gasteiger partial charge >= 0.3 is 6.09 Å². The van der Waals surface area contributed by atoms with Crippen molar-refractivity contribution in [2.75, 3.05) is 32.8 Å². The predicted octanol–water partition coefficient (Wildman–Crippen LogP) is 0.972. The Bertz CT molecular complexity index is 720. The van der Waals surface area contributed by atoms with Crippen LogP contribution in [0.2, 0.25) is 0 Å². The number of benzene rings is 1. The molecule has 0 aromatic heterocycles. The minimum absolute atomic E-state index is 0.300. The van der Waals surface area contributed by atoms with Crippen LogP contribution in [0.5, 0.6) is 0 Å². The van der Waals surface area contributed by atoms with Gasteiger partial charge in [0, 0.05) is 26.2 Å². The van der Waals surface area contributed by atoms with Crippen molar-refractivity contribution >= 4 is 23.8 Å². The Balaban J connectivity index is 1.66. The summed E-state index contributed by atoms with van der Waals surface area (Å²) in [7, 11) is 0. The number of nitrogens with zero attached hydrogens (tertiary/aromatic N) is 3. The van der Waals surface area contributed by atoms with Gasteiger partial charge in [-0.2, -0.15) is 0 Å². The maximum absolute atomic E-state index is 12.8. The average Bonchev–Trinajstić information content (AvgIpc) is 2.92. The topological polar surface area (TPSA) is 87.2 Å². The zero-order valence-corrected chi connectivity index (χ0v) is 14.8. The molecule has 8 nitrogen and oxygen atoms in total. The maximum atomic E-state index is 12.8.